The monoisotopic (exact) mass is 353 g/mol. The average molecular weight is 353 g/mol. The number of rotatable bonds is 7. The van der Waals surface area contributed by atoms with Gasteiger partial charge in [0.2, 0.25) is 0 Å². The summed E-state index contributed by atoms with van der Waals surface area (Å²) < 4.78 is 10.3. The van der Waals surface area contributed by atoms with Crippen molar-refractivity contribution in [3.05, 3.63) is 48.2 Å². The van der Waals surface area contributed by atoms with Crippen LogP contribution >= 0.6 is 0 Å². The van der Waals surface area contributed by atoms with Crippen molar-refractivity contribution in [1.29, 1.82) is 0 Å². The van der Waals surface area contributed by atoms with E-state index in [1.54, 1.807) is 20.2 Å². The number of nitrogens with zero attached hydrogens (tertiary/aromatic N) is 2. The van der Waals surface area contributed by atoms with Gasteiger partial charge in [-0.1, -0.05) is 18.2 Å². The minimum atomic E-state index is -0.223. The molecule has 0 aliphatic heterocycles. The van der Waals surface area contributed by atoms with E-state index in [0.29, 0.717) is 13.2 Å². The lowest BCUT2D eigenvalue weighted by atomic mass is 10.0. The number of aromatic amines is 1. The first-order valence-electron chi connectivity index (χ1n) is 8.55. The molecular formula is C20H23N3O3. The SMILES string of the molecule is CCOC(=O)CN(C)Cc1cn[nH]c1-c1ccc2cc(OC)ccc2c1. The predicted molar refractivity (Wildman–Crippen MR) is 101 cm³/mol. The molecule has 0 spiro atoms. The second-order valence-electron chi connectivity index (χ2n) is 6.18. The second kappa shape index (κ2) is 8.01. The van der Waals surface area contributed by atoms with Crippen molar-refractivity contribution >= 4 is 16.7 Å². The Kier molecular flexibility index (Phi) is 5.53. The van der Waals surface area contributed by atoms with Crippen LogP contribution in [-0.2, 0) is 16.1 Å². The molecule has 0 aliphatic carbocycles. The third-order valence-corrected chi connectivity index (χ3v) is 4.20. The van der Waals surface area contributed by atoms with Crippen LogP contribution in [0.4, 0.5) is 0 Å². The molecule has 0 aliphatic rings. The van der Waals surface area contributed by atoms with Crippen LogP contribution in [-0.4, -0.2) is 48.4 Å². The highest BCUT2D eigenvalue weighted by Gasteiger charge is 2.13. The van der Waals surface area contributed by atoms with Gasteiger partial charge in [0.05, 0.1) is 32.2 Å². The Labute approximate surface area is 152 Å². The summed E-state index contributed by atoms with van der Waals surface area (Å²) in [5.74, 6) is 0.618. The second-order valence-corrected chi connectivity index (χ2v) is 6.18. The molecule has 0 saturated heterocycles. The topological polar surface area (TPSA) is 67.5 Å². The van der Waals surface area contributed by atoms with Crippen molar-refractivity contribution in [2.45, 2.75) is 13.5 Å². The summed E-state index contributed by atoms with van der Waals surface area (Å²) in [6, 6.07) is 12.3. The molecule has 0 atom stereocenters. The molecule has 1 N–H and O–H groups in total. The fourth-order valence-electron chi connectivity index (χ4n) is 2.96. The summed E-state index contributed by atoms with van der Waals surface area (Å²) in [5, 5.41) is 9.51. The summed E-state index contributed by atoms with van der Waals surface area (Å²) >= 11 is 0. The molecule has 136 valence electrons. The molecule has 3 rings (SSSR count). The van der Waals surface area contributed by atoms with E-state index < -0.39 is 0 Å². The number of likely N-dealkylation sites (N-methyl/N-ethyl adjacent to an activating group) is 1. The molecule has 26 heavy (non-hydrogen) atoms. The number of carbonyl (C=O) groups is 1. The van der Waals surface area contributed by atoms with Gasteiger partial charge >= 0.3 is 5.97 Å². The van der Waals surface area contributed by atoms with Crippen molar-refractivity contribution < 1.29 is 14.3 Å². The van der Waals surface area contributed by atoms with Gasteiger partial charge in [-0.25, -0.2) is 0 Å². The Hall–Kier alpha value is -2.86. The van der Waals surface area contributed by atoms with Gasteiger partial charge < -0.3 is 9.47 Å². The number of aromatic nitrogens is 2. The molecule has 1 heterocycles. The van der Waals surface area contributed by atoms with Crippen LogP contribution in [0.1, 0.15) is 12.5 Å². The Morgan fingerprint density at radius 1 is 1.19 bits per heavy atom. The van der Waals surface area contributed by atoms with Crippen LogP contribution in [0.15, 0.2) is 42.6 Å². The Balaban J connectivity index is 1.81. The first kappa shape index (κ1) is 17.9. The van der Waals surface area contributed by atoms with E-state index in [4.69, 9.17) is 9.47 Å². The minimum Gasteiger partial charge on any atom is -0.497 e. The summed E-state index contributed by atoms with van der Waals surface area (Å²) in [6.07, 6.45) is 1.80. The highest BCUT2D eigenvalue weighted by molar-refractivity contribution is 5.88. The van der Waals surface area contributed by atoms with Crippen molar-refractivity contribution in [2.24, 2.45) is 0 Å². The van der Waals surface area contributed by atoms with Crippen molar-refractivity contribution in [1.82, 2.24) is 15.1 Å². The summed E-state index contributed by atoms with van der Waals surface area (Å²) in [5.41, 5.74) is 3.04. The number of hydrogen-bond acceptors (Lipinski definition) is 5. The number of benzene rings is 2. The first-order chi connectivity index (χ1) is 12.6. The van der Waals surface area contributed by atoms with Gasteiger partial charge in [0.15, 0.2) is 0 Å². The van der Waals surface area contributed by atoms with Gasteiger partial charge in [-0.05, 0) is 42.9 Å². The van der Waals surface area contributed by atoms with E-state index in [1.807, 2.05) is 30.1 Å². The molecular weight excluding hydrogens is 330 g/mol. The van der Waals surface area contributed by atoms with Gasteiger partial charge in [-0.15, -0.1) is 0 Å². The lowest BCUT2D eigenvalue weighted by molar-refractivity contribution is -0.144. The first-order valence-corrected chi connectivity index (χ1v) is 8.55. The number of H-pyrrole nitrogens is 1. The van der Waals surface area contributed by atoms with Crippen LogP contribution in [0, 0.1) is 0 Å². The number of fused-ring (bicyclic) bond motifs is 1. The van der Waals surface area contributed by atoms with E-state index >= 15 is 0 Å². The molecule has 0 amide bonds. The Bertz CT molecular complexity index is 904. The number of ether oxygens (including phenoxy) is 2. The highest BCUT2D eigenvalue weighted by Crippen LogP contribution is 2.28. The third kappa shape index (κ3) is 4.03. The minimum absolute atomic E-state index is 0.223. The highest BCUT2D eigenvalue weighted by atomic mass is 16.5. The van der Waals surface area contributed by atoms with Gasteiger partial charge in [0, 0.05) is 17.7 Å². The largest absolute Gasteiger partial charge is 0.497 e. The van der Waals surface area contributed by atoms with Crippen LogP contribution in [0.25, 0.3) is 22.0 Å². The zero-order valence-corrected chi connectivity index (χ0v) is 15.3. The number of nitrogens with one attached hydrogen (secondary N) is 1. The number of methoxy groups -OCH3 is 1. The Morgan fingerprint density at radius 3 is 2.73 bits per heavy atom. The molecule has 0 fully saturated rings. The van der Waals surface area contributed by atoms with E-state index in [9.17, 15) is 4.79 Å². The number of carbonyl (C=O) groups excluding carboxylic acids is 1. The molecule has 3 aromatic rings. The smallest absolute Gasteiger partial charge is 0.320 e. The maximum absolute atomic E-state index is 11.6. The standard InChI is InChI=1S/C20H23N3O3/c1-4-26-19(24)13-23(2)12-17-11-21-22-20(17)16-6-5-15-10-18(25-3)8-7-14(15)9-16/h5-11H,4,12-13H2,1-3H3,(H,21,22). The summed E-state index contributed by atoms with van der Waals surface area (Å²) in [4.78, 5) is 13.6. The van der Waals surface area contributed by atoms with Crippen LogP contribution < -0.4 is 4.74 Å². The Morgan fingerprint density at radius 2 is 1.96 bits per heavy atom. The predicted octanol–water partition coefficient (Wildman–Crippen LogP) is 3.23. The van der Waals surface area contributed by atoms with E-state index in [0.717, 1.165) is 33.3 Å². The third-order valence-electron chi connectivity index (χ3n) is 4.20. The molecule has 6 heteroatoms. The summed E-state index contributed by atoms with van der Waals surface area (Å²) in [7, 11) is 3.56. The fourth-order valence-corrected chi connectivity index (χ4v) is 2.96. The molecule has 0 unspecified atom stereocenters. The average Bonchev–Trinajstić information content (AvgIpc) is 3.08. The molecule has 0 bridgehead atoms. The van der Waals surface area contributed by atoms with Gasteiger partial charge in [-0.2, -0.15) is 5.10 Å². The lowest BCUT2D eigenvalue weighted by Crippen LogP contribution is -2.27. The van der Waals surface area contributed by atoms with Gasteiger partial charge in [0.1, 0.15) is 5.75 Å². The van der Waals surface area contributed by atoms with Crippen molar-refractivity contribution in [3.8, 4) is 17.0 Å². The molecule has 1 aromatic heterocycles. The van der Waals surface area contributed by atoms with Crippen molar-refractivity contribution in [2.75, 3.05) is 27.3 Å². The fraction of sp³-hybridized carbons (Fsp3) is 0.300. The molecule has 0 radical (unpaired) electrons. The van der Waals surface area contributed by atoms with Crippen LogP contribution in [0.5, 0.6) is 5.75 Å². The van der Waals surface area contributed by atoms with Crippen LogP contribution in [0.3, 0.4) is 0 Å². The van der Waals surface area contributed by atoms with Gasteiger partial charge in [-0.3, -0.25) is 14.8 Å². The number of hydrogen-bond donors (Lipinski definition) is 1. The van der Waals surface area contributed by atoms with E-state index in [1.165, 1.54) is 0 Å². The molecule has 6 nitrogen and oxygen atoms in total. The van der Waals surface area contributed by atoms with Gasteiger partial charge in [0.25, 0.3) is 0 Å². The maximum atomic E-state index is 11.6. The zero-order valence-electron chi connectivity index (χ0n) is 15.3. The number of esters is 1. The normalized spacial score (nSPS) is 11.1. The van der Waals surface area contributed by atoms with E-state index in [2.05, 4.69) is 28.4 Å². The van der Waals surface area contributed by atoms with E-state index in [-0.39, 0.29) is 12.5 Å². The van der Waals surface area contributed by atoms with Crippen molar-refractivity contribution in [3.63, 3.8) is 0 Å². The quantitative estimate of drug-likeness (QED) is 0.661. The zero-order chi connectivity index (χ0) is 18.5. The molecule has 2 aromatic carbocycles. The van der Waals surface area contributed by atoms with Crippen LogP contribution in [0.2, 0.25) is 0 Å². The lowest BCUT2D eigenvalue weighted by Gasteiger charge is -2.15. The summed E-state index contributed by atoms with van der Waals surface area (Å²) in [6.45, 7) is 3.05. The maximum Gasteiger partial charge on any atom is 0.320 e. The molecule has 0 saturated carbocycles.